The van der Waals surface area contributed by atoms with Gasteiger partial charge in [-0.05, 0) is 57.8 Å². The van der Waals surface area contributed by atoms with Crippen molar-refractivity contribution in [2.24, 2.45) is 4.99 Å². The van der Waals surface area contributed by atoms with Crippen molar-refractivity contribution in [2.75, 3.05) is 25.1 Å². The summed E-state index contributed by atoms with van der Waals surface area (Å²) in [6.45, 7) is 8.29. The summed E-state index contributed by atoms with van der Waals surface area (Å²) in [7, 11) is 0. The number of thioether (sulfide) groups is 1. The summed E-state index contributed by atoms with van der Waals surface area (Å²) in [6, 6.07) is 4.81. The lowest BCUT2D eigenvalue weighted by atomic mass is 10.2. The topological polar surface area (TPSA) is 36.4 Å². The van der Waals surface area contributed by atoms with Gasteiger partial charge in [0.2, 0.25) is 0 Å². The summed E-state index contributed by atoms with van der Waals surface area (Å²) in [5.41, 5.74) is 0. The first-order chi connectivity index (χ1) is 10.2. The van der Waals surface area contributed by atoms with Gasteiger partial charge in [0.05, 0.1) is 0 Å². The van der Waals surface area contributed by atoms with Crippen molar-refractivity contribution in [3.63, 3.8) is 0 Å². The van der Waals surface area contributed by atoms with Gasteiger partial charge in [-0.2, -0.15) is 11.8 Å². The number of rotatable bonds is 9. The van der Waals surface area contributed by atoms with Crippen LogP contribution in [-0.2, 0) is 6.42 Å². The lowest BCUT2D eigenvalue weighted by Crippen LogP contribution is -2.43. The Morgan fingerprint density at radius 3 is 2.81 bits per heavy atom. The predicted octanol–water partition coefficient (Wildman–Crippen LogP) is 3.69. The highest BCUT2D eigenvalue weighted by Crippen LogP contribution is 2.16. The minimum atomic E-state index is 0.395. The summed E-state index contributed by atoms with van der Waals surface area (Å²) in [5, 5.41) is 6.84. The minimum Gasteiger partial charge on any atom is -0.357 e. The fourth-order valence-corrected chi connectivity index (χ4v) is 3.56. The molecule has 0 radical (unpaired) electrons. The molecule has 0 aliphatic heterocycles. The SMILES string of the molecule is CCNC(=NCCCCSC)NC(C)Cc1ccc(C)s1. The van der Waals surface area contributed by atoms with Gasteiger partial charge in [0.15, 0.2) is 5.96 Å². The van der Waals surface area contributed by atoms with Crippen LogP contribution in [0.2, 0.25) is 0 Å². The molecule has 3 nitrogen and oxygen atoms in total. The maximum absolute atomic E-state index is 4.66. The van der Waals surface area contributed by atoms with E-state index in [-0.39, 0.29) is 0 Å². The smallest absolute Gasteiger partial charge is 0.191 e. The van der Waals surface area contributed by atoms with E-state index in [0.717, 1.165) is 31.9 Å². The van der Waals surface area contributed by atoms with Crippen LogP contribution in [0.25, 0.3) is 0 Å². The molecule has 5 heteroatoms. The summed E-state index contributed by atoms with van der Waals surface area (Å²) < 4.78 is 0. The number of nitrogens with zero attached hydrogens (tertiary/aromatic N) is 1. The van der Waals surface area contributed by atoms with Crippen LogP contribution in [0.5, 0.6) is 0 Å². The van der Waals surface area contributed by atoms with Gasteiger partial charge in [-0.25, -0.2) is 0 Å². The second-order valence-corrected chi connectivity index (χ2v) is 7.58. The van der Waals surface area contributed by atoms with Crippen molar-refractivity contribution < 1.29 is 0 Å². The molecule has 0 amide bonds. The maximum Gasteiger partial charge on any atom is 0.191 e. The normalized spacial score (nSPS) is 13.2. The summed E-state index contributed by atoms with van der Waals surface area (Å²) >= 11 is 3.79. The molecule has 0 aliphatic carbocycles. The van der Waals surface area contributed by atoms with E-state index in [0.29, 0.717) is 6.04 Å². The third-order valence-corrected chi connectivity index (χ3v) is 4.78. The van der Waals surface area contributed by atoms with E-state index in [4.69, 9.17) is 0 Å². The van der Waals surface area contributed by atoms with E-state index in [1.165, 1.54) is 21.9 Å². The first kappa shape index (κ1) is 18.4. The second-order valence-electron chi connectivity index (χ2n) is 5.22. The highest BCUT2D eigenvalue weighted by molar-refractivity contribution is 7.98. The van der Waals surface area contributed by atoms with E-state index in [1.807, 2.05) is 23.1 Å². The zero-order valence-corrected chi connectivity index (χ0v) is 15.4. The molecule has 0 saturated carbocycles. The molecule has 1 unspecified atom stereocenters. The number of aliphatic imine (C=N–C) groups is 1. The van der Waals surface area contributed by atoms with E-state index in [9.17, 15) is 0 Å². The highest BCUT2D eigenvalue weighted by atomic mass is 32.2. The molecule has 21 heavy (non-hydrogen) atoms. The zero-order valence-electron chi connectivity index (χ0n) is 13.7. The molecule has 1 aromatic rings. The van der Waals surface area contributed by atoms with Crippen molar-refractivity contribution >= 4 is 29.1 Å². The molecule has 0 bridgehead atoms. The van der Waals surface area contributed by atoms with Crippen molar-refractivity contribution in [1.29, 1.82) is 0 Å². The number of unbranched alkanes of at least 4 members (excludes halogenated alkanes) is 1. The Bertz CT molecular complexity index is 415. The van der Waals surface area contributed by atoms with Crippen LogP contribution in [0.1, 0.15) is 36.4 Å². The Morgan fingerprint density at radius 2 is 2.19 bits per heavy atom. The van der Waals surface area contributed by atoms with Crippen molar-refractivity contribution in [1.82, 2.24) is 10.6 Å². The van der Waals surface area contributed by atoms with E-state index >= 15 is 0 Å². The molecular formula is C16H29N3S2. The third kappa shape index (κ3) is 8.37. The summed E-state index contributed by atoms with van der Waals surface area (Å²) in [4.78, 5) is 7.48. The Kier molecular flexibility index (Phi) is 9.59. The molecule has 1 rings (SSSR count). The van der Waals surface area contributed by atoms with Gasteiger partial charge < -0.3 is 10.6 Å². The Balaban J connectivity index is 2.39. The number of hydrogen-bond acceptors (Lipinski definition) is 3. The number of nitrogens with one attached hydrogen (secondary N) is 2. The number of thiophene rings is 1. The molecule has 0 aromatic carbocycles. The van der Waals surface area contributed by atoms with Gasteiger partial charge in [0.25, 0.3) is 0 Å². The zero-order chi connectivity index (χ0) is 15.5. The third-order valence-electron chi connectivity index (χ3n) is 3.06. The molecule has 1 aromatic heterocycles. The molecule has 1 heterocycles. The van der Waals surface area contributed by atoms with Crippen molar-refractivity contribution in [2.45, 2.75) is 46.1 Å². The predicted molar refractivity (Wildman–Crippen MR) is 99.0 cm³/mol. The van der Waals surface area contributed by atoms with Crippen LogP contribution in [0.15, 0.2) is 17.1 Å². The summed E-state index contributed by atoms with van der Waals surface area (Å²) in [6.07, 6.45) is 5.61. The minimum absolute atomic E-state index is 0.395. The van der Waals surface area contributed by atoms with E-state index in [1.54, 1.807) is 0 Å². The quantitative estimate of drug-likeness (QED) is 0.413. The lowest BCUT2D eigenvalue weighted by molar-refractivity contribution is 0.643. The second kappa shape index (κ2) is 11.0. The van der Waals surface area contributed by atoms with E-state index < -0.39 is 0 Å². The molecule has 0 fully saturated rings. The van der Waals surface area contributed by atoms with Crippen LogP contribution in [0.4, 0.5) is 0 Å². The number of aryl methyl sites for hydroxylation is 1. The van der Waals surface area contributed by atoms with Crippen LogP contribution < -0.4 is 10.6 Å². The number of guanidine groups is 1. The largest absolute Gasteiger partial charge is 0.357 e. The van der Waals surface area contributed by atoms with Crippen LogP contribution >= 0.6 is 23.1 Å². The highest BCUT2D eigenvalue weighted by Gasteiger charge is 2.07. The van der Waals surface area contributed by atoms with Gasteiger partial charge in [-0.3, -0.25) is 4.99 Å². The average molecular weight is 328 g/mol. The molecule has 2 N–H and O–H groups in total. The van der Waals surface area contributed by atoms with Gasteiger partial charge in [0, 0.05) is 35.3 Å². The molecule has 1 atom stereocenters. The van der Waals surface area contributed by atoms with Crippen molar-refractivity contribution in [3.05, 3.63) is 21.9 Å². The fraction of sp³-hybridized carbons (Fsp3) is 0.688. The Morgan fingerprint density at radius 1 is 1.38 bits per heavy atom. The van der Waals surface area contributed by atoms with Crippen molar-refractivity contribution in [3.8, 4) is 0 Å². The monoisotopic (exact) mass is 327 g/mol. The lowest BCUT2D eigenvalue weighted by Gasteiger charge is -2.17. The average Bonchev–Trinajstić information content (AvgIpc) is 2.83. The van der Waals surface area contributed by atoms with E-state index in [2.05, 4.69) is 54.8 Å². The molecule has 0 spiro atoms. The van der Waals surface area contributed by atoms with Gasteiger partial charge >= 0.3 is 0 Å². The van der Waals surface area contributed by atoms with Crippen LogP contribution in [0, 0.1) is 6.92 Å². The van der Waals surface area contributed by atoms with Crippen LogP contribution in [0.3, 0.4) is 0 Å². The molecule has 120 valence electrons. The molecular weight excluding hydrogens is 298 g/mol. The molecule has 0 saturated heterocycles. The summed E-state index contributed by atoms with van der Waals surface area (Å²) in [5.74, 6) is 2.18. The Hall–Kier alpha value is -0.680. The van der Waals surface area contributed by atoms with Crippen LogP contribution in [-0.4, -0.2) is 37.1 Å². The fourth-order valence-electron chi connectivity index (χ4n) is 2.05. The standard InChI is InChI=1S/C16H29N3S2/c1-5-17-16(18-10-6-7-11-20-4)19-13(2)12-15-9-8-14(3)21-15/h8-9,13H,5-7,10-12H2,1-4H3,(H2,17,18,19). The first-order valence-corrected chi connectivity index (χ1v) is 9.95. The Labute approximate surface area is 138 Å². The maximum atomic E-state index is 4.66. The molecule has 0 aliphatic rings. The first-order valence-electron chi connectivity index (χ1n) is 7.74. The van der Waals surface area contributed by atoms with Gasteiger partial charge in [0.1, 0.15) is 0 Å². The van der Waals surface area contributed by atoms with Gasteiger partial charge in [-0.15, -0.1) is 11.3 Å². The number of hydrogen-bond donors (Lipinski definition) is 2. The van der Waals surface area contributed by atoms with Gasteiger partial charge in [-0.1, -0.05) is 0 Å².